The first-order valence-corrected chi connectivity index (χ1v) is 5.58. The minimum atomic E-state index is -0.134. The van der Waals surface area contributed by atoms with Gasteiger partial charge in [0.2, 0.25) is 0 Å². The fraction of sp³-hybridized carbons (Fsp3) is 0.500. The van der Waals surface area contributed by atoms with E-state index in [0.717, 1.165) is 12.2 Å². The highest BCUT2D eigenvalue weighted by molar-refractivity contribution is 5.74. The quantitative estimate of drug-likeness (QED) is 0.759. The van der Waals surface area contributed by atoms with E-state index in [0.29, 0.717) is 17.8 Å². The molecule has 0 radical (unpaired) electrons. The van der Waals surface area contributed by atoms with Gasteiger partial charge in [-0.05, 0) is 31.9 Å². The van der Waals surface area contributed by atoms with E-state index in [9.17, 15) is 4.39 Å². The minimum absolute atomic E-state index is 0.134. The number of benzene rings is 1. The zero-order chi connectivity index (χ0) is 10.4. The van der Waals surface area contributed by atoms with Crippen molar-refractivity contribution in [1.82, 2.24) is 0 Å². The molecule has 0 amide bonds. The van der Waals surface area contributed by atoms with E-state index < -0.39 is 0 Å². The Morgan fingerprint density at radius 3 is 2.93 bits per heavy atom. The molecule has 0 aromatic heterocycles. The van der Waals surface area contributed by atoms with Crippen LogP contribution in [0.25, 0.3) is 0 Å². The molecule has 1 aromatic rings. The van der Waals surface area contributed by atoms with E-state index in [1.807, 2.05) is 6.07 Å². The number of hydrogen-bond acceptors (Lipinski definition) is 2. The number of anilines is 2. The van der Waals surface area contributed by atoms with Gasteiger partial charge in [0.05, 0.1) is 11.4 Å². The van der Waals surface area contributed by atoms with Crippen LogP contribution in [0.3, 0.4) is 0 Å². The van der Waals surface area contributed by atoms with Crippen molar-refractivity contribution in [2.24, 2.45) is 0 Å². The van der Waals surface area contributed by atoms with Gasteiger partial charge in [-0.2, -0.15) is 0 Å². The Morgan fingerprint density at radius 1 is 1.40 bits per heavy atom. The third kappa shape index (κ3) is 1.37. The van der Waals surface area contributed by atoms with Crippen LogP contribution in [0.4, 0.5) is 15.8 Å². The van der Waals surface area contributed by atoms with Gasteiger partial charge in [0.1, 0.15) is 5.82 Å². The predicted molar refractivity (Wildman–Crippen MR) is 59.9 cm³/mol. The second-order valence-corrected chi connectivity index (χ2v) is 4.50. The van der Waals surface area contributed by atoms with Crippen LogP contribution in [0.5, 0.6) is 0 Å². The van der Waals surface area contributed by atoms with Crippen LogP contribution >= 0.6 is 0 Å². The second kappa shape index (κ2) is 3.12. The molecule has 3 heteroatoms. The van der Waals surface area contributed by atoms with Gasteiger partial charge in [0, 0.05) is 18.6 Å². The van der Waals surface area contributed by atoms with Crippen LogP contribution in [0.2, 0.25) is 0 Å². The van der Waals surface area contributed by atoms with Gasteiger partial charge in [-0.3, -0.25) is 0 Å². The summed E-state index contributed by atoms with van der Waals surface area (Å²) in [5.74, 6) is -0.134. The Bertz CT molecular complexity index is 387. The van der Waals surface area contributed by atoms with Gasteiger partial charge in [-0.1, -0.05) is 6.07 Å². The van der Waals surface area contributed by atoms with Gasteiger partial charge < -0.3 is 10.2 Å². The van der Waals surface area contributed by atoms with Crippen molar-refractivity contribution in [3.8, 4) is 0 Å². The molecule has 0 spiro atoms. The predicted octanol–water partition coefficient (Wildman–Crippen LogP) is 2.61. The molecule has 1 atom stereocenters. The fourth-order valence-electron chi connectivity index (χ4n) is 2.40. The molecule has 1 aliphatic heterocycles. The zero-order valence-corrected chi connectivity index (χ0v) is 8.83. The molecule has 0 bridgehead atoms. The van der Waals surface area contributed by atoms with Gasteiger partial charge in [-0.25, -0.2) is 4.39 Å². The summed E-state index contributed by atoms with van der Waals surface area (Å²) in [6, 6.07) is 6.43. The van der Waals surface area contributed by atoms with E-state index in [2.05, 4.69) is 17.1 Å². The van der Waals surface area contributed by atoms with E-state index in [1.54, 1.807) is 6.07 Å². The smallest absolute Gasteiger partial charge is 0.148 e. The molecule has 1 aromatic carbocycles. The summed E-state index contributed by atoms with van der Waals surface area (Å²) in [4.78, 5) is 2.37. The maximum atomic E-state index is 13.6. The average Bonchev–Trinajstić information content (AvgIpc) is 3.01. The molecule has 2 aliphatic rings. The lowest BCUT2D eigenvalue weighted by Gasteiger charge is -2.38. The monoisotopic (exact) mass is 206 g/mol. The Morgan fingerprint density at radius 2 is 2.20 bits per heavy atom. The highest BCUT2D eigenvalue weighted by atomic mass is 19.1. The van der Waals surface area contributed by atoms with Crippen molar-refractivity contribution in [3.63, 3.8) is 0 Å². The number of nitrogens with one attached hydrogen (secondary N) is 1. The number of nitrogens with zero attached hydrogens (tertiary/aromatic N) is 1. The number of halogens is 1. The van der Waals surface area contributed by atoms with Crippen molar-refractivity contribution < 1.29 is 4.39 Å². The molecule has 1 saturated carbocycles. The summed E-state index contributed by atoms with van der Waals surface area (Å²) in [6.45, 7) is 3.03. The molecule has 1 heterocycles. The first-order chi connectivity index (χ1) is 7.27. The molecule has 1 fully saturated rings. The molecule has 2 nitrogen and oxygen atoms in total. The van der Waals surface area contributed by atoms with Crippen LogP contribution in [0.1, 0.15) is 19.8 Å². The van der Waals surface area contributed by atoms with Gasteiger partial charge in [-0.15, -0.1) is 0 Å². The van der Waals surface area contributed by atoms with E-state index in [4.69, 9.17) is 0 Å². The number of para-hydroxylation sites is 1. The SMILES string of the molecule is CC1CNc2c(F)cccc2N1C1CC1. The Hall–Kier alpha value is -1.25. The summed E-state index contributed by atoms with van der Waals surface area (Å²) in [7, 11) is 0. The zero-order valence-electron chi connectivity index (χ0n) is 8.83. The Labute approximate surface area is 89.1 Å². The largest absolute Gasteiger partial charge is 0.379 e. The maximum absolute atomic E-state index is 13.6. The van der Waals surface area contributed by atoms with Crippen molar-refractivity contribution in [2.45, 2.75) is 31.8 Å². The Balaban J connectivity index is 2.07. The highest BCUT2D eigenvalue weighted by Gasteiger charge is 2.36. The summed E-state index contributed by atoms with van der Waals surface area (Å²) in [5.41, 5.74) is 1.72. The molecule has 15 heavy (non-hydrogen) atoms. The van der Waals surface area contributed by atoms with Crippen LogP contribution in [0.15, 0.2) is 18.2 Å². The number of hydrogen-bond donors (Lipinski definition) is 1. The van der Waals surface area contributed by atoms with Crippen LogP contribution in [-0.4, -0.2) is 18.6 Å². The number of rotatable bonds is 1. The van der Waals surface area contributed by atoms with E-state index in [1.165, 1.54) is 18.9 Å². The van der Waals surface area contributed by atoms with Gasteiger partial charge in [0.15, 0.2) is 0 Å². The first-order valence-electron chi connectivity index (χ1n) is 5.58. The van der Waals surface area contributed by atoms with Crippen LogP contribution in [-0.2, 0) is 0 Å². The van der Waals surface area contributed by atoms with Crippen LogP contribution < -0.4 is 10.2 Å². The summed E-state index contributed by atoms with van der Waals surface area (Å²) in [5, 5.41) is 3.18. The van der Waals surface area contributed by atoms with E-state index in [-0.39, 0.29) is 5.82 Å². The van der Waals surface area contributed by atoms with Gasteiger partial charge in [0.25, 0.3) is 0 Å². The summed E-state index contributed by atoms with van der Waals surface area (Å²) < 4.78 is 13.6. The molecule has 3 rings (SSSR count). The third-order valence-corrected chi connectivity index (χ3v) is 3.26. The van der Waals surface area contributed by atoms with Crippen molar-refractivity contribution in [2.75, 3.05) is 16.8 Å². The van der Waals surface area contributed by atoms with Crippen molar-refractivity contribution in [1.29, 1.82) is 0 Å². The second-order valence-electron chi connectivity index (χ2n) is 4.50. The van der Waals surface area contributed by atoms with Gasteiger partial charge >= 0.3 is 0 Å². The lowest BCUT2D eigenvalue weighted by Crippen LogP contribution is -2.43. The summed E-state index contributed by atoms with van der Waals surface area (Å²) in [6.07, 6.45) is 2.50. The normalized spacial score (nSPS) is 24.7. The molecule has 1 aliphatic carbocycles. The van der Waals surface area contributed by atoms with Crippen LogP contribution in [0, 0.1) is 5.82 Å². The number of fused-ring (bicyclic) bond motifs is 1. The molecule has 1 unspecified atom stereocenters. The van der Waals surface area contributed by atoms with Crippen molar-refractivity contribution >= 4 is 11.4 Å². The molecular weight excluding hydrogens is 191 g/mol. The van der Waals surface area contributed by atoms with E-state index >= 15 is 0 Å². The molecular formula is C12H15FN2. The highest BCUT2D eigenvalue weighted by Crippen LogP contribution is 2.40. The molecule has 0 saturated heterocycles. The standard InChI is InChI=1S/C12H15FN2/c1-8-7-14-12-10(13)3-2-4-11(12)15(8)9-5-6-9/h2-4,8-9,14H,5-7H2,1H3. The lowest BCUT2D eigenvalue weighted by atomic mass is 10.1. The summed E-state index contributed by atoms with van der Waals surface area (Å²) >= 11 is 0. The fourth-order valence-corrected chi connectivity index (χ4v) is 2.40. The average molecular weight is 206 g/mol. The lowest BCUT2D eigenvalue weighted by molar-refractivity contribution is 0.602. The third-order valence-electron chi connectivity index (χ3n) is 3.26. The maximum Gasteiger partial charge on any atom is 0.148 e. The molecule has 1 N–H and O–H groups in total. The van der Waals surface area contributed by atoms with Crippen molar-refractivity contribution in [3.05, 3.63) is 24.0 Å². The topological polar surface area (TPSA) is 15.3 Å². The Kier molecular flexibility index (Phi) is 1.87. The minimum Gasteiger partial charge on any atom is -0.379 e. The first kappa shape index (κ1) is 9.01. The molecule has 80 valence electrons.